The molecule has 0 aromatic heterocycles. The van der Waals surface area contributed by atoms with Gasteiger partial charge in [-0.2, -0.15) is 0 Å². The number of anilines is 1. The highest BCUT2D eigenvalue weighted by Crippen LogP contribution is 2.65. The summed E-state index contributed by atoms with van der Waals surface area (Å²) in [6.45, 7) is 8.66. The van der Waals surface area contributed by atoms with Gasteiger partial charge in [0.25, 0.3) is 0 Å². The first-order valence-electron chi connectivity index (χ1n) is 8.60. The molecule has 3 rings (SSSR count). The van der Waals surface area contributed by atoms with Crippen LogP contribution in [0.25, 0.3) is 0 Å². The van der Waals surface area contributed by atoms with Gasteiger partial charge in [-0.3, -0.25) is 4.79 Å². The van der Waals surface area contributed by atoms with E-state index in [1.807, 2.05) is 18.3 Å². The second-order valence-electron chi connectivity index (χ2n) is 7.52. The molecule has 0 amide bonds. The number of fused-ring (bicyclic) bond motifs is 2. The fourth-order valence-corrected chi connectivity index (χ4v) is 4.17. The number of nitrogens with one attached hydrogen (secondary N) is 1. The molecule has 2 bridgehead atoms. The van der Waals surface area contributed by atoms with Crippen molar-refractivity contribution in [3.8, 4) is 0 Å². The Morgan fingerprint density at radius 1 is 1.29 bits per heavy atom. The fourth-order valence-electron chi connectivity index (χ4n) is 4.17. The zero-order chi connectivity index (χ0) is 17.5. The third-order valence-electron chi connectivity index (χ3n) is 6.16. The summed E-state index contributed by atoms with van der Waals surface area (Å²) in [7, 11) is 0. The minimum absolute atomic E-state index is 0.0192. The molecule has 2 fully saturated rings. The van der Waals surface area contributed by atoms with Gasteiger partial charge in [-0.1, -0.05) is 20.8 Å². The van der Waals surface area contributed by atoms with Crippen molar-refractivity contribution in [3.63, 3.8) is 0 Å². The summed E-state index contributed by atoms with van der Waals surface area (Å²) in [6, 6.07) is 7.11. The Balaban J connectivity index is 1.75. The number of carbonyl (C=O) groups is 2. The smallest absolute Gasteiger partial charge is 0.338 e. The van der Waals surface area contributed by atoms with Crippen LogP contribution >= 0.6 is 0 Å². The third kappa shape index (κ3) is 2.36. The molecule has 1 N–H and O–H groups in total. The zero-order valence-electron chi connectivity index (χ0n) is 14.8. The zero-order valence-corrected chi connectivity index (χ0v) is 14.8. The number of allylic oxidation sites excluding steroid dienone is 1. The second kappa shape index (κ2) is 5.76. The summed E-state index contributed by atoms with van der Waals surface area (Å²) < 4.78 is 4.97. The molecule has 1 aromatic rings. The minimum atomic E-state index is -0.319. The van der Waals surface area contributed by atoms with Gasteiger partial charge in [-0.05, 0) is 55.4 Å². The van der Waals surface area contributed by atoms with Crippen molar-refractivity contribution in [1.29, 1.82) is 0 Å². The van der Waals surface area contributed by atoms with Gasteiger partial charge in [-0.15, -0.1) is 0 Å². The van der Waals surface area contributed by atoms with Crippen LogP contribution < -0.4 is 5.32 Å². The predicted octanol–water partition coefficient (Wildman–Crippen LogP) is 4.18. The van der Waals surface area contributed by atoms with Gasteiger partial charge in [0.2, 0.25) is 0 Å². The van der Waals surface area contributed by atoms with E-state index in [1.54, 1.807) is 19.1 Å². The molecular formula is C20H25NO3. The van der Waals surface area contributed by atoms with E-state index in [2.05, 4.69) is 26.1 Å². The van der Waals surface area contributed by atoms with Gasteiger partial charge < -0.3 is 10.1 Å². The highest BCUT2D eigenvalue weighted by atomic mass is 16.5. The van der Waals surface area contributed by atoms with E-state index < -0.39 is 0 Å². The van der Waals surface area contributed by atoms with Crippen LogP contribution in [0.5, 0.6) is 0 Å². The Kier molecular flexibility index (Phi) is 4.02. The Labute approximate surface area is 143 Å². The number of ketones is 1. The largest absolute Gasteiger partial charge is 0.462 e. The van der Waals surface area contributed by atoms with Crippen LogP contribution in [0.1, 0.15) is 50.9 Å². The predicted molar refractivity (Wildman–Crippen MR) is 93.7 cm³/mol. The monoisotopic (exact) mass is 327 g/mol. The lowest BCUT2D eigenvalue weighted by atomic mass is 9.70. The lowest BCUT2D eigenvalue weighted by Crippen LogP contribution is -2.32. The van der Waals surface area contributed by atoms with Crippen molar-refractivity contribution in [1.82, 2.24) is 0 Å². The van der Waals surface area contributed by atoms with Crippen LogP contribution in [0.15, 0.2) is 36.0 Å². The lowest BCUT2D eigenvalue weighted by molar-refractivity contribution is -0.125. The quantitative estimate of drug-likeness (QED) is 0.665. The van der Waals surface area contributed by atoms with Gasteiger partial charge in [0.1, 0.15) is 0 Å². The summed E-state index contributed by atoms with van der Waals surface area (Å²) in [6.07, 6.45) is 3.91. The molecule has 0 saturated heterocycles. The molecule has 4 nitrogen and oxygen atoms in total. The van der Waals surface area contributed by atoms with Gasteiger partial charge >= 0.3 is 5.97 Å². The van der Waals surface area contributed by atoms with Gasteiger partial charge in [-0.25, -0.2) is 4.79 Å². The molecule has 24 heavy (non-hydrogen) atoms. The normalized spacial score (nSPS) is 29.1. The van der Waals surface area contributed by atoms with Crippen LogP contribution in [0.2, 0.25) is 0 Å². The molecule has 0 radical (unpaired) electrons. The number of benzene rings is 1. The molecule has 2 saturated carbocycles. The first-order valence-corrected chi connectivity index (χ1v) is 8.60. The van der Waals surface area contributed by atoms with E-state index >= 15 is 0 Å². The van der Waals surface area contributed by atoms with E-state index in [9.17, 15) is 9.59 Å². The Bertz CT molecular complexity index is 702. The fraction of sp³-hybridized carbons (Fsp3) is 0.500. The number of carbonyl (C=O) groups excluding carboxylic acids is 2. The second-order valence-corrected chi connectivity index (χ2v) is 7.52. The van der Waals surface area contributed by atoms with Crippen molar-refractivity contribution in [3.05, 3.63) is 41.6 Å². The first-order chi connectivity index (χ1) is 11.3. The van der Waals surface area contributed by atoms with Crippen molar-refractivity contribution in [2.75, 3.05) is 11.9 Å². The molecular weight excluding hydrogens is 302 g/mol. The number of hydrogen-bond acceptors (Lipinski definition) is 4. The van der Waals surface area contributed by atoms with Crippen LogP contribution in [0, 0.1) is 16.7 Å². The van der Waals surface area contributed by atoms with E-state index in [4.69, 9.17) is 4.74 Å². The highest BCUT2D eigenvalue weighted by Gasteiger charge is 2.63. The Hall–Kier alpha value is -2.10. The van der Waals surface area contributed by atoms with Gasteiger partial charge in [0, 0.05) is 22.9 Å². The molecule has 1 aromatic carbocycles. The summed E-state index contributed by atoms with van der Waals surface area (Å²) in [4.78, 5) is 24.4. The van der Waals surface area contributed by atoms with Crippen molar-refractivity contribution in [2.24, 2.45) is 16.7 Å². The molecule has 4 heteroatoms. The lowest BCUT2D eigenvalue weighted by Gasteiger charge is -2.31. The molecule has 2 atom stereocenters. The van der Waals surface area contributed by atoms with Gasteiger partial charge in [0.15, 0.2) is 5.78 Å². The van der Waals surface area contributed by atoms with Gasteiger partial charge in [0.05, 0.1) is 12.2 Å². The molecule has 0 heterocycles. The number of rotatable bonds is 4. The van der Waals surface area contributed by atoms with Crippen molar-refractivity contribution in [2.45, 2.75) is 40.5 Å². The maximum Gasteiger partial charge on any atom is 0.338 e. The average Bonchev–Trinajstić information content (AvgIpc) is 2.86. The van der Waals surface area contributed by atoms with E-state index in [0.29, 0.717) is 18.1 Å². The van der Waals surface area contributed by atoms with E-state index in [0.717, 1.165) is 24.1 Å². The number of esters is 1. The van der Waals surface area contributed by atoms with Crippen LogP contribution in [-0.4, -0.2) is 18.4 Å². The Morgan fingerprint density at radius 3 is 2.50 bits per heavy atom. The first kappa shape index (κ1) is 16.7. The molecule has 128 valence electrons. The topological polar surface area (TPSA) is 55.4 Å². The third-order valence-corrected chi connectivity index (χ3v) is 6.16. The number of ether oxygens (including phenoxy) is 1. The average molecular weight is 327 g/mol. The van der Waals surface area contributed by atoms with Crippen molar-refractivity contribution < 1.29 is 14.3 Å². The molecule has 0 aliphatic heterocycles. The van der Waals surface area contributed by atoms with Crippen LogP contribution in [0.4, 0.5) is 5.69 Å². The summed E-state index contributed by atoms with van der Waals surface area (Å²) >= 11 is 0. The van der Waals surface area contributed by atoms with Crippen LogP contribution in [-0.2, 0) is 9.53 Å². The SMILES string of the molecule is CCOC(=O)c1ccc(NC=C2C(=O)C3(C)CCC2C3(C)C)cc1. The molecule has 2 unspecified atom stereocenters. The summed E-state index contributed by atoms with van der Waals surface area (Å²) in [5.74, 6) is 0.279. The van der Waals surface area contributed by atoms with Crippen molar-refractivity contribution >= 4 is 17.4 Å². The Morgan fingerprint density at radius 2 is 1.96 bits per heavy atom. The number of Topliss-reactive ketones (excluding diaryl/α,β-unsaturated/α-hetero) is 1. The molecule has 0 spiro atoms. The summed E-state index contributed by atoms with van der Waals surface area (Å²) in [5, 5.41) is 3.22. The standard InChI is InChI=1S/C20H25NO3/c1-5-24-18(23)13-6-8-14(9-7-13)21-12-15-16-10-11-20(4,17(15)22)19(16,2)3/h6-9,12,16,21H,5,10-11H2,1-4H3. The van der Waals surface area contributed by atoms with Crippen LogP contribution in [0.3, 0.4) is 0 Å². The molecule has 2 aliphatic rings. The highest BCUT2D eigenvalue weighted by molar-refractivity contribution is 6.04. The maximum atomic E-state index is 12.8. The molecule has 2 aliphatic carbocycles. The van der Waals surface area contributed by atoms with E-state index in [-0.39, 0.29) is 22.6 Å². The number of hydrogen-bond donors (Lipinski definition) is 1. The van der Waals surface area contributed by atoms with E-state index in [1.165, 1.54) is 0 Å². The summed E-state index contributed by atoms with van der Waals surface area (Å²) in [5.41, 5.74) is 2.07. The maximum absolute atomic E-state index is 12.8. The minimum Gasteiger partial charge on any atom is -0.462 e.